The van der Waals surface area contributed by atoms with Crippen LogP contribution in [0.1, 0.15) is 35.8 Å². The summed E-state index contributed by atoms with van der Waals surface area (Å²) in [6, 6.07) is 17.3. The van der Waals surface area contributed by atoms with Gasteiger partial charge in [0.2, 0.25) is 5.91 Å². The number of fused-ring (bicyclic) bond motifs is 2. The Bertz CT molecular complexity index is 1430. The Labute approximate surface area is 214 Å². The summed E-state index contributed by atoms with van der Waals surface area (Å²) in [5, 5.41) is 10.7. The normalized spacial score (nSPS) is 12.5. The van der Waals surface area contributed by atoms with Gasteiger partial charge in [-0.1, -0.05) is 30.3 Å². The second-order valence-corrected chi connectivity index (χ2v) is 9.10. The molecule has 0 radical (unpaired) electrons. The summed E-state index contributed by atoms with van der Waals surface area (Å²) in [6.07, 6.45) is 2.36. The van der Waals surface area contributed by atoms with E-state index in [4.69, 9.17) is 14.5 Å². The van der Waals surface area contributed by atoms with Crippen LogP contribution in [0.4, 0.5) is 0 Å². The lowest BCUT2D eigenvalue weighted by molar-refractivity contribution is -0.120. The van der Waals surface area contributed by atoms with Crippen molar-refractivity contribution in [3.63, 3.8) is 0 Å². The van der Waals surface area contributed by atoms with Gasteiger partial charge in [-0.25, -0.2) is 9.67 Å². The lowest BCUT2D eigenvalue weighted by Crippen LogP contribution is -2.37. The summed E-state index contributed by atoms with van der Waals surface area (Å²) >= 11 is 0. The third-order valence-corrected chi connectivity index (χ3v) is 6.13. The van der Waals surface area contributed by atoms with Crippen molar-refractivity contribution in [2.45, 2.75) is 26.3 Å². The largest absolute Gasteiger partial charge is 0.486 e. The zero-order valence-corrected chi connectivity index (χ0v) is 20.9. The molecule has 0 unspecified atom stereocenters. The first-order chi connectivity index (χ1) is 18.0. The molecule has 9 heteroatoms. The molecule has 4 aromatic rings. The predicted molar refractivity (Wildman–Crippen MR) is 140 cm³/mol. The molecule has 0 spiro atoms. The molecule has 0 fully saturated rings. The molecule has 1 aliphatic heterocycles. The van der Waals surface area contributed by atoms with Gasteiger partial charge in [-0.3, -0.25) is 9.59 Å². The minimum atomic E-state index is -0.368. The van der Waals surface area contributed by atoms with Crippen LogP contribution < -0.4 is 20.1 Å². The maximum Gasteiger partial charge on any atom is 0.252 e. The summed E-state index contributed by atoms with van der Waals surface area (Å²) in [5.74, 6) is 0.702. The van der Waals surface area contributed by atoms with Crippen LogP contribution in [0.15, 0.2) is 60.8 Å². The van der Waals surface area contributed by atoms with E-state index in [0.717, 1.165) is 17.5 Å². The van der Waals surface area contributed by atoms with Crippen molar-refractivity contribution >= 4 is 22.8 Å². The van der Waals surface area contributed by atoms with E-state index in [1.165, 1.54) is 0 Å². The molecule has 2 aromatic heterocycles. The molecule has 0 atom stereocenters. The van der Waals surface area contributed by atoms with Crippen molar-refractivity contribution in [2.75, 3.05) is 26.3 Å². The third-order valence-electron chi connectivity index (χ3n) is 6.13. The lowest BCUT2D eigenvalue weighted by Gasteiger charge is -2.19. The van der Waals surface area contributed by atoms with E-state index in [-0.39, 0.29) is 24.4 Å². The minimum Gasteiger partial charge on any atom is -0.486 e. The summed E-state index contributed by atoms with van der Waals surface area (Å²) in [7, 11) is 0. The molecule has 0 bridgehead atoms. The topological polar surface area (TPSA) is 107 Å². The van der Waals surface area contributed by atoms with E-state index in [1.807, 2.05) is 62.4 Å². The van der Waals surface area contributed by atoms with Crippen molar-refractivity contribution in [3.05, 3.63) is 71.9 Å². The molecular formula is C28H29N5O4. The average molecular weight is 500 g/mol. The first-order valence-electron chi connectivity index (χ1n) is 12.4. The quantitative estimate of drug-likeness (QED) is 0.384. The number of carbonyl (C=O) groups is 2. The smallest absolute Gasteiger partial charge is 0.252 e. The Morgan fingerprint density at radius 2 is 1.78 bits per heavy atom. The SMILES string of the molecule is CC(C)n1ncc2c(C(=O)NCC(=O)NCCc3ccccc3)cc(-c3ccc4c(c3)OCCO4)nc21. The number of rotatable bonds is 8. The van der Waals surface area contributed by atoms with Gasteiger partial charge in [-0.15, -0.1) is 0 Å². The second-order valence-electron chi connectivity index (χ2n) is 9.10. The van der Waals surface area contributed by atoms with Crippen LogP contribution in [-0.2, 0) is 11.2 Å². The van der Waals surface area contributed by atoms with Gasteiger partial charge in [0.1, 0.15) is 13.2 Å². The van der Waals surface area contributed by atoms with E-state index in [1.54, 1.807) is 16.9 Å². The van der Waals surface area contributed by atoms with E-state index >= 15 is 0 Å². The van der Waals surface area contributed by atoms with Crippen LogP contribution in [-0.4, -0.2) is 52.9 Å². The van der Waals surface area contributed by atoms with Crippen LogP contribution in [0.25, 0.3) is 22.3 Å². The van der Waals surface area contributed by atoms with E-state index in [0.29, 0.717) is 53.5 Å². The van der Waals surface area contributed by atoms with Crippen LogP contribution in [0, 0.1) is 0 Å². The molecule has 5 rings (SSSR count). The molecule has 0 saturated carbocycles. The molecule has 0 saturated heterocycles. The van der Waals surface area contributed by atoms with Gasteiger partial charge in [-0.2, -0.15) is 5.10 Å². The van der Waals surface area contributed by atoms with Gasteiger partial charge in [0.25, 0.3) is 5.91 Å². The summed E-state index contributed by atoms with van der Waals surface area (Å²) < 4.78 is 13.1. The highest BCUT2D eigenvalue weighted by atomic mass is 16.6. The van der Waals surface area contributed by atoms with Crippen molar-refractivity contribution in [1.29, 1.82) is 0 Å². The number of nitrogens with one attached hydrogen (secondary N) is 2. The second kappa shape index (κ2) is 10.7. The fraction of sp³-hybridized carbons (Fsp3) is 0.286. The summed E-state index contributed by atoms with van der Waals surface area (Å²) in [5.41, 5.74) is 3.53. The maximum atomic E-state index is 13.3. The predicted octanol–water partition coefficient (Wildman–Crippen LogP) is 3.54. The van der Waals surface area contributed by atoms with Gasteiger partial charge in [0.15, 0.2) is 17.1 Å². The molecule has 190 valence electrons. The fourth-order valence-electron chi connectivity index (χ4n) is 4.24. The van der Waals surface area contributed by atoms with Crippen LogP contribution in [0.2, 0.25) is 0 Å². The molecular weight excluding hydrogens is 470 g/mol. The first-order valence-corrected chi connectivity index (χ1v) is 12.4. The molecule has 2 N–H and O–H groups in total. The number of hydrogen-bond donors (Lipinski definition) is 2. The molecule has 1 aliphatic rings. The number of aromatic nitrogens is 3. The summed E-state index contributed by atoms with van der Waals surface area (Å²) in [4.78, 5) is 30.5. The number of nitrogens with zero attached hydrogens (tertiary/aromatic N) is 3. The van der Waals surface area contributed by atoms with E-state index in [9.17, 15) is 9.59 Å². The number of benzene rings is 2. The Morgan fingerprint density at radius 3 is 2.57 bits per heavy atom. The fourth-order valence-corrected chi connectivity index (χ4v) is 4.24. The highest BCUT2D eigenvalue weighted by molar-refractivity contribution is 6.07. The number of hydrogen-bond acceptors (Lipinski definition) is 6. The van der Waals surface area contributed by atoms with Gasteiger partial charge < -0.3 is 20.1 Å². The van der Waals surface area contributed by atoms with Gasteiger partial charge >= 0.3 is 0 Å². The standard InChI is InChI=1S/C28H29N5O4/c1-18(2)33-27-22(16-31-33)21(15-23(32-27)20-8-9-24-25(14-20)37-13-12-36-24)28(35)30-17-26(34)29-11-10-19-6-4-3-5-7-19/h3-9,14-16,18H,10-13,17H2,1-2H3,(H,29,34)(H,30,35). The zero-order chi connectivity index (χ0) is 25.8. The van der Waals surface area contributed by atoms with Crippen molar-refractivity contribution in [2.24, 2.45) is 0 Å². The Morgan fingerprint density at radius 1 is 1.00 bits per heavy atom. The number of ether oxygens (including phenoxy) is 2. The maximum absolute atomic E-state index is 13.3. The van der Waals surface area contributed by atoms with Crippen LogP contribution >= 0.6 is 0 Å². The number of amides is 2. The lowest BCUT2D eigenvalue weighted by atomic mass is 10.1. The molecule has 2 aromatic carbocycles. The first kappa shape index (κ1) is 24.3. The van der Waals surface area contributed by atoms with E-state index < -0.39 is 0 Å². The van der Waals surface area contributed by atoms with Crippen molar-refractivity contribution in [3.8, 4) is 22.8 Å². The van der Waals surface area contributed by atoms with Crippen molar-refractivity contribution < 1.29 is 19.1 Å². The number of carbonyl (C=O) groups excluding carboxylic acids is 2. The minimum absolute atomic E-state index is 0.0480. The Hall–Kier alpha value is -4.40. The molecule has 37 heavy (non-hydrogen) atoms. The average Bonchev–Trinajstić information content (AvgIpc) is 3.36. The Kier molecular flexibility index (Phi) is 7.02. The highest BCUT2D eigenvalue weighted by Gasteiger charge is 2.20. The molecule has 2 amide bonds. The van der Waals surface area contributed by atoms with Gasteiger partial charge in [0.05, 0.1) is 29.4 Å². The monoisotopic (exact) mass is 499 g/mol. The van der Waals surface area contributed by atoms with E-state index in [2.05, 4.69) is 15.7 Å². The Balaban J connectivity index is 1.35. The van der Waals surface area contributed by atoms with Crippen LogP contribution in [0.5, 0.6) is 11.5 Å². The third kappa shape index (κ3) is 5.40. The van der Waals surface area contributed by atoms with Gasteiger partial charge in [-0.05, 0) is 50.1 Å². The highest BCUT2D eigenvalue weighted by Crippen LogP contribution is 2.35. The van der Waals surface area contributed by atoms with Crippen LogP contribution in [0.3, 0.4) is 0 Å². The summed E-state index contributed by atoms with van der Waals surface area (Å²) in [6.45, 7) is 5.36. The molecule has 3 heterocycles. The molecule has 0 aliphatic carbocycles. The zero-order valence-electron chi connectivity index (χ0n) is 20.9. The van der Waals surface area contributed by atoms with Gasteiger partial charge in [0, 0.05) is 18.2 Å². The number of pyridine rings is 1. The molecule has 9 nitrogen and oxygen atoms in total. The van der Waals surface area contributed by atoms with Crippen molar-refractivity contribution in [1.82, 2.24) is 25.4 Å².